The minimum absolute atomic E-state index is 0.133. The Hall–Kier alpha value is -3.13. The Kier molecular flexibility index (Phi) is 7.13. The average molecular weight is 471 g/mol. The molecule has 2 N–H and O–H groups in total. The van der Waals surface area contributed by atoms with Gasteiger partial charge in [0.1, 0.15) is 0 Å². The summed E-state index contributed by atoms with van der Waals surface area (Å²) in [4.78, 5) is 38.8. The van der Waals surface area contributed by atoms with Crippen LogP contribution in [0.4, 0.5) is 17.1 Å². The Bertz CT molecular complexity index is 1060. The van der Waals surface area contributed by atoms with E-state index >= 15 is 0 Å². The number of nitro benzene ring substituents is 1. The molecule has 1 aliphatic carbocycles. The molecular formula is C24H27ClN4O4. The van der Waals surface area contributed by atoms with E-state index in [4.69, 9.17) is 11.6 Å². The Balaban J connectivity index is 1.56. The highest BCUT2D eigenvalue weighted by Gasteiger charge is 2.24. The number of nitrogens with one attached hydrogen (secondary N) is 2. The Morgan fingerprint density at radius 1 is 0.939 bits per heavy atom. The minimum atomic E-state index is -0.513. The predicted molar refractivity (Wildman–Crippen MR) is 128 cm³/mol. The number of amides is 2. The van der Waals surface area contributed by atoms with Crippen LogP contribution in [0.3, 0.4) is 0 Å². The minimum Gasteiger partial charge on any atom is -0.371 e. The third kappa shape index (κ3) is 5.45. The second kappa shape index (κ2) is 10.2. The van der Waals surface area contributed by atoms with E-state index in [1.54, 1.807) is 24.3 Å². The smallest absolute Gasteiger partial charge is 0.270 e. The lowest BCUT2D eigenvalue weighted by molar-refractivity contribution is -0.384. The van der Waals surface area contributed by atoms with Gasteiger partial charge in [-0.1, -0.05) is 30.9 Å². The van der Waals surface area contributed by atoms with E-state index in [1.807, 2.05) is 0 Å². The first kappa shape index (κ1) is 23.0. The number of rotatable bonds is 6. The number of benzene rings is 2. The fourth-order valence-electron chi connectivity index (χ4n) is 4.54. The standard InChI is InChI=1S/C24H27ClN4O4/c25-21-10-8-17(14-19(21)23(30)26-16-6-2-1-3-7-16)27-24(31)20-15-18(29(32)33)9-11-22(20)28-12-4-5-13-28/h8-11,14-16H,1-7,12-13H2,(H,26,30)(H,27,31). The molecule has 2 amide bonds. The van der Waals surface area contributed by atoms with Crippen molar-refractivity contribution in [3.05, 3.63) is 62.7 Å². The molecular weight excluding hydrogens is 444 g/mol. The maximum Gasteiger partial charge on any atom is 0.270 e. The Morgan fingerprint density at radius 3 is 2.36 bits per heavy atom. The van der Waals surface area contributed by atoms with Gasteiger partial charge in [0.25, 0.3) is 17.5 Å². The maximum atomic E-state index is 13.2. The zero-order valence-corrected chi connectivity index (χ0v) is 19.1. The van der Waals surface area contributed by atoms with Crippen molar-refractivity contribution >= 4 is 40.5 Å². The SMILES string of the molecule is O=C(NC1CCCCC1)c1cc(NC(=O)c2cc([N+](=O)[O-])ccc2N2CCCC2)ccc1Cl. The van der Waals surface area contributed by atoms with Crippen molar-refractivity contribution in [2.45, 2.75) is 51.0 Å². The zero-order chi connectivity index (χ0) is 23.4. The van der Waals surface area contributed by atoms with Gasteiger partial charge in [0.05, 0.1) is 26.8 Å². The summed E-state index contributed by atoms with van der Waals surface area (Å²) in [6.45, 7) is 1.59. The number of nitrogens with zero attached hydrogens (tertiary/aromatic N) is 2. The van der Waals surface area contributed by atoms with Gasteiger partial charge in [-0.15, -0.1) is 0 Å². The van der Waals surface area contributed by atoms with Gasteiger partial charge in [-0.3, -0.25) is 19.7 Å². The lowest BCUT2D eigenvalue weighted by Crippen LogP contribution is -2.36. The van der Waals surface area contributed by atoms with Gasteiger partial charge in [-0.25, -0.2) is 0 Å². The summed E-state index contributed by atoms with van der Waals surface area (Å²) in [5, 5.41) is 17.4. The van der Waals surface area contributed by atoms with E-state index in [-0.39, 0.29) is 23.2 Å². The number of anilines is 2. The van der Waals surface area contributed by atoms with Crippen LogP contribution in [0.1, 0.15) is 65.7 Å². The highest BCUT2D eigenvalue weighted by molar-refractivity contribution is 6.34. The molecule has 174 valence electrons. The maximum absolute atomic E-state index is 13.2. The van der Waals surface area contributed by atoms with Crippen LogP contribution in [0, 0.1) is 10.1 Å². The van der Waals surface area contributed by atoms with Crippen LogP contribution < -0.4 is 15.5 Å². The van der Waals surface area contributed by atoms with E-state index in [1.165, 1.54) is 18.6 Å². The largest absolute Gasteiger partial charge is 0.371 e. The van der Waals surface area contributed by atoms with Crippen LogP contribution in [-0.4, -0.2) is 35.9 Å². The van der Waals surface area contributed by atoms with Gasteiger partial charge < -0.3 is 15.5 Å². The molecule has 0 bridgehead atoms. The normalized spacial score (nSPS) is 16.5. The summed E-state index contributed by atoms with van der Waals surface area (Å²) in [5.41, 5.74) is 1.44. The van der Waals surface area contributed by atoms with Gasteiger partial charge in [0, 0.05) is 37.0 Å². The molecule has 2 fully saturated rings. The third-order valence-corrected chi connectivity index (χ3v) is 6.62. The Morgan fingerprint density at radius 2 is 1.67 bits per heavy atom. The van der Waals surface area contributed by atoms with E-state index in [0.717, 1.165) is 51.6 Å². The number of halogens is 1. The zero-order valence-electron chi connectivity index (χ0n) is 18.3. The molecule has 2 aromatic rings. The van der Waals surface area contributed by atoms with Crippen molar-refractivity contribution in [1.82, 2.24) is 5.32 Å². The van der Waals surface area contributed by atoms with E-state index in [2.05, 4.69) is 15.5 Å². The molecule has 1 saturated heterocycles. The van der Waals surface area contributed by atoms with Gasteiger partial charge in [-0.2, -0.15) is 0 Å². The van der Waals surface area contributed by atoms with Gasteiger partial charge in [0.15, 0.2) is 0 Å². The fraction of sp³-hybridized carbons (Fsp3) is 0.417. The van der Waals surface area contributed by atoms with Gasteiger partial charge in [0.2, 0.25) is 0 Å². The Labute approximate surface area is 197 Å². The molecule has 33 heavy (non-hydrogen) atoms. The molecule has 2 aliphatic rings. The van der Waals surface area contributed by atoms with Crippen LogP contribution in [0.5, 0.6) is 0 Å². The second-order valence-corrected chi connectivity index (χ2v) is 9.02. The number of hydrogen-bond acceptors (Lipinski definition) is 5. The summed E-state index contributed by atoms with van der Waals surface area (Å²) in [6.07, 6.45) is 7.29. The molecule has 8 nitrogen and oxygen atoms in total. The van der Waals surface area contributed by atoms with E-state index in [9.17, 15) is 19.7 Å². The molecule has 0 spiro atoms. The molecule has 4 rings (SSSR count). The van der Waals surface area contributed by atoms with Gasteiger partial charge in [-0.05, 0) is 49.9 Å². The van der Waals surface area contributed by atoms with Gasteiger partial charge >= 0.3 is 0 Å². The van der Waals surface area contributed by atoms with Crippen molar-refractivity contribution in [3.63, 3.8) is 0 Å². The van der Waals surface area contributed by atoms with Crippen LogP contribution >= 0.6 is 11.6 Å². The predicted octanol–water partition coefficient (Wildman–Crippen LogP) is 5.16. The summed E-state index contributed by atoms with van der Waals surface area (Å²) in [7, 11) is 0. The van der Waals surface area contributed by atoms with Crippen LogP contribution in [0.25, 0.3) is 0 Å². The van der Waals surface area contributed by atoms with E-state index in [0.29, 0.717) is 22.0 Å². The highest BCUT2D eigenvalue weighted by atomic mass is 35.5. The highest BCUT2D eigenvalue weighted by Crippen LogP contribution is 2.30. The topological polar surface area (TPSA) is 105 Å². The molecule has 9 heteroatoms. The molecule has 0 unspecified atom stereocenters. The first-order chi connectivity index (χ1) is 15.9. The van der Waals surface area contributed by atoms with Crippen molar-refractivity contribution in [1.29, 1.82) is 0 Å². The van der Waals surface area contributed by atoms with Crippen molar-refractivity contribution < 1.29 is 14.5 Å². The summed E-state index contributed by atoms with van der Waals surface area (Å²) < 4.78 is 0. The molecule has 1 heterocycles. The lowest BCUT2D eigenvalue weighted by atomic mass is 9.95. The average Bonchev–Trinajstić information content (AvgIpc) is 3.35. The number of nitro groups is 1. The molecule has 0 aromatic heterocycles. The third-order valence-electron chi connectivity index (χ3n) is 6.29. The molecule has 1 aliphatic heterocycles. The molecule has 0 atom stereocenters. The van der Waals surface area contributed by atoms with E-state index < -0.39 is 10.8 Å². The molecule has 1 saturated carbocycles. The molecule has 2 aromatic carbocycles. The van der Waals surface area contributed by atoms with Crippen molar-refractivity contribution in [3.8, 4) is 0 Å². The second-order valence-electron chi connectivity index (χ2n) is 8.61. The monoisotopic (exact) mass is 470 g/mol. The summed E-state index contributed by atoms with van der Waals surface area (Å²) >= 11 is 6.27. The lowest BCUT2D eigenvalue weighted by Gasteiger charge is -2.23. The number of hydrogen-bond donors (Lipinski definition) is 2. The number of carbonyl (C=O) groups excluding carboxylic acids is 2. The fourth-order valence-corrected chi connectivity index (χ4v) is 4.74. The first-order valence-electron chi connectivity index (χ1n) is 11.4. The first-order valence-corrected chi connectivity index (χ1v) is 11.8. The summed E-state index contributed by atoms with van der Waals surface area (Å²) in [6, 6.07) is 9.21. The van der Waals surface area contributed by atoms with Crippen LogP contribution in [-0.2, 0) is 0 Å². The molecule has 0 radical (unpaired) electrons. The van der Waals surface area contributed by atoms with Crippen molar-refractivity contribution in [2.75, 3.05) is 23.3 Å². The summed E-state index contributed by atoms with van der Waals surface area (Å²) in [5.74, 6) is -0.738. The number of carbonyl (C=O) groups is 2. The quantitative estimate of drug-likeness (QED) is 0.448. The van der Waals surface area contributed by atoms with Crippen LogP contribution in [0.2, 0.25) is 5.02 Å². The van der Waals surface area contributed by atoms with Crippen LogP contribution in [0.15, 0.2) is 36.4 Å². The van der Waals surface area contributed by atoms with Crippen molar-refractivity contribution in [2.24, 2.45) is 0 Å². The number of non-ortho nitro benzene ring substituents is 1.